The van der Waals surface area contributed by atoms with E-state index < -0.39 is 58.0 Å². The lowest BCUT2D eigenvalue weighted by Gasteiger charge is -2.19. The van der Waals surface area contributed by atoms with Crippen LogP contribution < -0.4 is 11.2 Å². The van der Waals surface area contributed by atoms with E-state index in [1.54, 1.807) is 19.3 Å². The first-order valence-corrected chi connectivity index (χ1v) is 11.9. The molecule has 3 rings (SSSR count). The van der Waals surface area contributed by atoms with Crippen molar-refractivity contribution in [2.75, 3.05) is 6.61 Å². The van der Waals surface area contributed by atoms with Crippen LogP contribution in [-0.2, 0) is 36.3 Å². The smallest absolute Gasteiger partial charge is 0.387 e. The molecule has 2 aromatic rings. The van der Waals surface area contributed by atoms with Gasteiger partial charge in [-0.2, -0.15) is 9.41 Å². The molecule has 178 valence electrons. The Labute approximate surface area is 178 Å². The molecular formula is C14H20N4O12P2. The molecular weight excluding hydrogens is 478 g/mol. The van der Waals surface area contributed by atoms with Crippen LogP contribution >= 0.6 is 15.6 Å². The van der Waals surface area contributed by atoms with Gasteiger partial charge < -0.3 is 29.6 Å². The molecule has 1 aliphatic rings. The number of ether oxygens (including phenoxy) is 1. The summed E-state index contributed by atoms with van der Waals surface area (Å²) in [7, 11) is -8.93. The summed E-state index contributed by atoms with van der Waals surface area (Å²) in [5, 5.41) is 24.5. The maximum atomic E-state index is 12.8. The highest BCUT2D eigenvalue weighted by Crippen LogP contribution is 2.57. The summed E-state index contributed by atoms with van der Waals surface area (Å²) in [6, 6.07) is 2.63. The van der Waals surface area contributed by atoms with Crippen molar-refractivity contribution < 1.29 is 47.6 Å². The zero-order valence-electron chi connectivity index (χ0n) is 16.3. The number of phosphoric ester groups is 1. The largest absolute Gasteiger partial charge is 0.481 e. The van der Waals surface area contributed by atoms with Crippen molar-refractivity contribution in [3.05, 3.63) is 51.1 Å². The fourth-order valence-electron chi connectivity index (χ4n) is 3.00. The number of aliphatic hydroxyl groups is 2. The average Bonchev–Trinajstić information content (AvgIpc) is 3.19. The van der Waals surface area contributed by atoms with E-state index in [9.17, 15) is 33.8 Å². The lowest BCUT2D eigenvalue weighted by atomic mass is 10.1. The first-order valence-electron chi connectivity index (χ1n) is 8.84. The van der Waals surface area contributed by atoms with Crippen molar-refractivity contribution in [2.45, 2.75) is 31.1 Å². The molecule has 5 atom stereocenters. The zero-order valence-corrected chi connectivity index (χ0v) is 18.1. The number of hydrogen-bond donors (Lipinski definition) is 5. The predicted molar refractivity (Wildman–Crippen MR) is 102 cm³/mol. The van der Waals surface area contributed by atoms with Crippen LogP contribution in [0.3, 0.4) is 0 Å². The third-order valence-corrected chi connectivity index (χ3v) is 6.56. The number of aromatic nitrogens is 4. The lowest BCUT2D eigenvalue weighted by Crippen LogP contribution is -2.43. The predicted octanol–water partition coefficient (Wildman–Crippen LogP) is -2.36. The Morgan fingerprint density at radius 2 is 1.81 bits per heavy atom. The first-order chi connectivity index (χ1) is 14.8. The van der Waals surface area contributed by atoms with Crippen LogP contribution in [0, 0.1) is 0 Å². The Kier molecular flexibility index (Phi) is 7.02. The number of rotatable bonds is 8. The maximum Gasteiger partial charge on any atom is 0.481 e. The standard InChI is InChI=1S/C14H20N4O12P2/c1-16-4-2-8(15-16)6-18-10(19)3-5-17(14(18)22)13-12(21)11(20)9(29-13)7-28-32(26,27)30-31(23,24)25/h2-5,9,11-13,20-21H,6-7H2,1H3,(H,26,27)(H2,23,24,25)/t9-,11+,12+,13-/m1/s1. The minimum atomic E-state index is -5.36. The van der Waals surface area contributed by atoms with Crippen molar-refractivity contribution >= 4 is 15.6 Å². The van der Waals surface area contributed by atoms with Crippen LogP contribution in [0.2, 0.25) is 0 Å². The molecule has 16 nitrogen and oxygen atoms in total. The van der Waals surface area contributed by atoms with Gasteiger partial charge in [0.2, 0.25) is 0 Å². The van der Waals surface area contributed by atoms with Gasteiger partial charge in [0, 0.05) is 25.5 Å². The number of aliphatic hydroxyl groups excluding tert-OH is 2. The molecule has 1 aliphatic heterocycles. The van der Waals surface area contributed by atoms with E-state index in [0.29, 0.717) is 5.69 Å². The molecule has 18 heteroatoms. The number of aryl methyl sites for hydroxylation is 1. The Bertz CT molecular complexity index is 1180. The van der Waals surface area contributed by atoms with E-state index in [2.05, 4.69) is 13.9 Å². The van der Waals surface area contributed by atoms with Gasteiger partial charge in [-0.3, -0.25) is 23.1 Å². The second-order valence-electron chi connectivity index (χ2n) is 6.79. The summed E-state index contributed by atoms with van der Waals surface area (Å²) in [6.07, 6.45) is -3.79. The lowest BCUT2D eigenvalue weighted by molar-refractivity contribution is -0.0547. The summed E-state index contributed by atoms with van der Waals surface area (Å²) in [4.78, 5) is 51.5. The number of nitrogens with zero attached hydrogens (tertiary/aromatic N) is 4. The molecule has 0 bridgehead atoms. The van der Waals surface area contributed by atoms with Gasteiger partial charge in [0.15, 0.2) is 6.23 Å². The van der Waals surface area contributed by atoms with Crippen molar-refractivity contribution in [1.29, 1.82) is 0 Å². The van der Waals surface area contributed by atoms with E-state index in [4.69, 9.17) is 14.5 Å². The van der Waals surface area contributed by atoms with Gasteiger partial charge in [0.25, 0.3) is 5.56 Å². The molecule has 0 aliphatic carbocycles. The summed E-state index contributed by atoms with van der Waals surface area (Å²) in [5.74, 6) is 0. The summed E-state index contributed by atoms with van der Waals surface area (Å²) < 4.78 is 38.7. The molecule has 5 N–H and O–H groups in total. The summed E-state index contributed by atoms with van der Waals surface area (Å²) >= 11 is 0. The Balaban J connectivity index is 1.79. The quantitative estimate of drug-likeness (QED) is 0.240. The van der Waals surface area contributed by atoms with E-state index in [-0.39, 0.29) is 6.54 Å². The molecule has 1 fully saturated rings. The van der Waals surface area contributed by atoms with Crippen molar-refractivity contribution in [2.24, 2.45) is 7.05 Å². The Morgan fingerprint density at radius 1 is 1.12 bits per heavy atom. The second kappa shape index (κ2) is 9.11. The van der Waals surface area contributed by atoms with Crippen LogP contribution in [0.15, 0.2) is 34.1 Å². The zero-order chi connectivity index (χ0) is 23.8. The molecule has 0 saturated carbocycles. The molecule has 0 radical (unpaired) electrons. The topological polar surface area (TPSA) is 225 Å². The van der Waals surface area contributed by atoms with Gasteiger partial charge in [-0.25, -0.2) is 13.9 Å². The molecule has 0 amide bonds. The minimum Gasteiger partial charge on any atom is -0.387 e. The van der Waals surface area contributed by atoms with Crippen LogP contribution in [-0.4, -0.2) is 68.7 Å². The van der Waals surface area contributed by atoms with Gasteiger partial charge in [-0.15, -0.1) is 0 Å². The van der Waals surface area contributed by atoms with E-state index in [0.717, 1.165) is 21.4 Å². The van der Waals surface area contributed by atoms with Crippen LogP contribution in [0.5, 0.6) is 0 Å². The highest BCUT2D eigenvalue weighted by molar-refractivity contribution is 7.60. The molecule has 2 aromatic heterocycles. The molecule has 0 spiro atoms. The number of phosphoric acid groups is 2. The highest BCUT2D eigenvalue weighted by atomic mass is 31.3. The van der Waals surface area contributed by atoms with Crippen molar-refractivity contribution in [3.63, 3.8) is 0 Å². The second-order valence-corrected chi connectivity index (χ2v) is 9.62. The summed E-state index contributed by atoms with van der Waals surface area (Å²) in [5.41, 5.74) is -1.13. The fourth-order valence-corrected chi connectivity index (χ4v) is 4.60. The van der Waals surface area contributed by atoms with Gasteiger partial charge in [-0.1, -0.05) is 0 Å². The van der Waals surface area contributed by atoms with Crippen molar-refractivity contribution in [1.82, 2.24) is 18.9 Å². The van der Waals surface area contributed by atoms with Crippen LogP contribution in [0.1, 0.15) is 11.9 Å². The van der Waals surface area contributed by atoms with E-state index >= 15 is 0 Å². The maximum absolute atomic E-state index is 12.8. The van der Waals surface area contributed by atoms with Gasteiger partial charge in [0.05, 0.1) is 18.8 Å². The monoisotopic (exact) mass is 498 g/mol. The normalized spacial score (nSPS) is 25.7. The number of hydrogen-bond acceptors (Lipinski definition) is 10. The highest BCUT2D eigenvalue weighted by Gasteiger charge is 2.46. The molecule has 0 aromatic carbocycles. The van der Waals surface area contributed by atoms with Gasteiger partial charge in [0.1, 0.15) is 18.3 Å². The fraction of sp³-hybridized carbons (Fsp3) is 0.500. The Hall–Kier alpha value is -1.97. The van der Waals surface area contributed by atoms with E-state index in [1.807, 2.05) is 0 Å². The van der Waals surface area contributed by atoms with E-state index in [1.165, 1.54) is 4.68 Å². The average molecular weight is 498 g/mol. The molecule has 3 heterocycles. The van der Waals surface area contributed by atoms with Crippen LogP contribution in [0.4, 0.5) is 0 Å². The van der Waals surface area contributed by atoms with Crippen molar-refractivity contribution in [3.8, 4) is 0 Å². The SMILES string of the molecule is Cn1ccc(Cn2c(=O)ccn([C@@H]3O[C@H](COP(=O)(O)OP(=O)(O)O)[C@H](O)[C@@H]3O)c2=O)n1. The molecule has 32 heavy (non-hydrogen) atoms. The van der Waals surface area contributed by atoms with Crippen LogP contribution in [0.25, 0.3) is 0 Å². The minimum absolute atomic E-state index is 0.176. The third kappa shape index (κ3) is 5.68. The van der Waals surface area contributed by atoms with Gasteiger partial charge >= 0.3 is 21.3 Å². The summed E-state index contributed by atoms with van der Waals surface area (Å²) in [6.45, 7) is -1.10. The molecule has 1 saturated heterocycles. The Morgan fingerprint density at radius 3 is 2.41 bits per heavy atom. The molecule has 1 unspecified atom stereocenters. The first kappa shape index (κ1) is 24.7. The van der Waals surface area contributed by atoms with Gasteiger partial charge in [-0.05, 0) is 6.07 Å². The third-order valence-electron chi connectivity index (χ3n) is 4.41.